The summed E-state index contributed by atoms with van der Waals surface area (Å²) in [5.74, 6) is 0.238. The van der Waals surface area contributed by atoms with E-state index < -0.39 is 5.97 Å². The second kappa shape index (κ2) is 9.15. The summed E-state index contributed by atoms with van der Waals surface area (Å²) in [4.78, 5) is 30.4. The molecule has 0 aliphatic heterocycles. The van der Waals surface area contributed by atoms with Crippen LogP contribution in [0.2, 0.25) is 0 Å². The Morgan fingerprint density at radius 2 is 1.83 bits per heavy atom. The van der Waals surface area contributed by atoms with E-state index in [4.69, 9.17) is 14.2 Å². The summed E-state index contributed by atoms with van der Waals surface area (Å²) < 4.78 is 18.0. The second-order valence-electron chi connectivity index (χ2n) is 5.87. The van der Waals surface area contributed by atoms with Crippen molar-refractivity contribution in [3.8, 4) is 11.5 Å². The first kappa shape index (κ1) is 20.9. The zero-order chi connectivity index (χ0) is 21.0. The summed E-state index contributed by atoms with van der Waals surface area (Å²) in [5, 5.41) is 0. The van der Waals surface area contributed by atoms with Gasteiger partial charge in [-0.1, -0.05) is 17.4 Å². The van der Waals surface area contributed by atoms with E-state index in [2.05, 4.69) is 4.99 Å². The molecule has 9 heteroatoms. The summed E-state index contributed by atoms with van der Waals surface area (Å²) in [7, 11) is 4.40. The van der Waals surface area contributed by atoms with Gasteiger partial charge in [-0.05, 0) is 24.5 Å². The fourth-order valence-electron chi connectivity index (χ4n) is 2.74. The maximum absolute atomic E-state index is 12.8. The van der Waals surface area contributed by atoms with Gasteiger partial charge in [0.25, 0.3) is 5.91 Å². The molecule has 152 valence electrons. The van der Waals surface area contributed by atoms with E-state index in [9.17, 15) is 9.59 Å². The average Bonchev–Trinajstić information content (AvgIpc) is 3.08. The number of fused-ring (bicyclic) bond motifs is 1. The molecule has 29 heavy (non-hydrogen) atoms. The summed E-state index contributed by atoms with van der Waals surface area (Å²) in [5.41, 5.74) is 1.18. The average molecular weight is 433 g/mol. The molecule has 0 radical (unpaired) electrons. The Kier molecular flexibility index (Phi) is 6.60. The Bertz CT molecular complexity index is 1130. The molecule has 0 unspecified atom stereocenters. The monoisotopic (exact) mass is 432 g/mol. The van der Waals surface area contributed by atoms with Crippen LogP contribution in [0, 0.1) is 0 Å². The number of hydrogen-bond donors (Lipinski definition) is 0. The molecule has 0 aliphatic rings. The zero-order valence-electron chi connectivity index (χ0n) is 16.4. The van der Waals surface area contributed by atoms with E-state index in [-0.39, 0.29) is 12.5 Å². The van der Waals surface area contributed by atoms with Crippen LogP contribution in [-0.2, 0) is 16.1 Å². The van der Waals surface area contributed by atoms with Crippen molar-refractivity contribution in [3.63, 3.8) is 0 Å². The zero-order valence-corrected chi connectivity index (χ0v) is 18.1. The molecule has 1 heterocycles. The standard InChI is InChI=1S/C20H20N2O5S2/c1-25-15-9-14-17(10-16(15)26-2)29-20(22(14)11-18(23)27-3)21-19(24)12-6-5-7-13(8-12)28-4/h5-10H,11H2,1-4H3. The summed E-state index contributed by atoms with van der Waals surface area (Å²) >= 11 is 2.83. The molecular weight excluding hydrogens is 412 g/mol. The van der Waals surface area contributed by atoms with E-state index in [1.807, 2.05) is 18.4 Å². The van der Waals surface area contributed by atoms with Gasteiger partial charge >= 0.3 is 5.97 Å². The second-order valence-corrected chi connectivity index (χ2v) is 7.76. The van der Waals surface area contributed by atoms with E-state index in [0.29, 0.717) is 27.4 Å². The third-order valence-electron chi connectivity index (χ3n) is 4.22. The van der Waals surface area contributed by atoms with Gasteiger partial charge in [0.15, 0.2) is 16.3 Å². The van der Waals surface area contributed by atoms with Crippen LogP contribution >= 0.6 is 23.1 Å². The molecule has 7 nitrogen and oxygen atoms in total. The number of esters is 1. The van der Waals surface area contributed by atoms with Crippen LogP contribution in [0.4, 0.5) is 0 Å². The number of rotatable bonds is 6. The first-order valence-electron chi connectivity index (χ1n) is 8.56. The predicted octanol–water partition coefficient (Wildman–Crippen LogP) is 3.36. The number of aromatic nitrogens is 1. The number of hydrogen-bond acceptors (Lipinski definition) is 7. The van der Waals surface area contributed by atoms with E-state index in [1.54, 1.807) is 47.7 Å². The van der Waals surface area contributed by atoms with Crippen molar-refractivity contribution in [1.29, 1.82) is 0 Å². The molecule has 3 rings (SSSR count). The Hall–Kier alpha value is -2.78. The molecule has 0 fully saturated rings. The van der Waals surface area contributed by atoms with Gasteiger partial charge in [0.05, 0.1) is 31.5 Å². The van der Waals surface area contributed by atoms with Gasteiger partial charge in [0.1, 0.15) is 6.54 Å². The lowest BCUT2D eigenvalue weighted by molar-refractivity contribution is -0.141. The largest absolute Gasteiger partial charge is 0.493 e. The van der Waals surface area contributed by atoms with Crippen molar-refractivity contribution in [3.05, 3.63) is 46.8 Å². The number of thiazole rings is 1. The molecule has 0 aliphatic carbocycles. The van der Waals surface area contributed by atoms with E-state index >= 15 is 0 Å². The van der Waals surface area contributed by atoms with Crippen molar-refractivity contribution in [2.75, 3.05) is 27.6 Å². The third kappa shape index (κ3) is 4.46. The maximum Gasteiger partial charge on any atom is 0.325 e. The van der Waals surface area contributed by atoms with Gasteiger partial charge < -0.3 is 18.8 Å². The van der Waals surface area contributed by atoms with Crippen LogP contribution in [-0.4, -0.2) is 44.0 Å². The molecule has 0 atom stereocenters. The highest BCUT2D eigenvalue weighted by molar-refractivity contribution is 7.98. The summed E-state index contributed by atoms with van der Waals surface area (Å²) in [6, 6.07) is 10.8. The van der Waals surface area contributed by atoms with Crippen molar-refractivity contribution >= 4 is 45.2 Å². The number of carbonyl (C=O) groups is 2. The number of benzene rings is 2. The fraction of sp³-hybridized carbons (Fsp3) is 0.250. The molecule has 0 saturated carbocycles. The Morgan fingerprint density at radius 1 is 1.10 bits per heavy atom. The minimum Gasteiger partial charge on any atom is -0.493 e. The maximum atomic E-state index is 12.8. The van der Waals surface area contributed by atoms with E-state index in [1.165, 1.54) is 25.6 Å². The van der Waals surface area contributed by atoms with Gasteiger partial charge in [-0.15, -0.1) is 11.8 Å². The molecule has 0 saturated heterocycles. The Morgan fingerprint density at radius 3 is 2.48 bits per heavy atom. The minimum atomic E-state index is -0.447. The first-order valence-corrected chi connectivity index (χ1v) is 10.6. The summed E-state index contributed by atoms with van der Waals surface area (Å²) in [6.07, 6.45) is 1.94. The minimum absolute atomic E-state index is 0.0804. The van der Waals surface area contributed by atoms with Crippen LogP contribution < -0.4 is 14.3 Å². The number of methoxy groups -OCH3 is 3. The van der Waals surface area contributed by atoms with Gasteiger partial charge in [-0.25, -0.2) is 0 Å². The smallest absolute Gasteiger partial charge is 0.325 e. The van der Waals surface area contributed by atoms with E-state index in [0.717, 1.165) is 9.60 Å². The van der Waals surface area contributed by atoms with Gasteiger partial charge in [0, 0.05) is 22.6 Å². The quantitative estimate of drug-likeness (QED) is 0.439. The highest BCUT2D eigenvalue weighted by Gasteiger charge is 2.16. The molecular formula is C20H20N2O5S2. The molecule has 0 bridgehead atoms. The highest BCUT2D eigenvalue weighted by Crippen LogP contribution is 2.33. The number of amides is 1. The van der Waals surface area contributed by atoms with Gasteiger partial charge in [-0.3, -0.25) is 9.59 Å². The molecule has 0 spiro atoms. The number of ether oxygens (including phenoxy) is 3. The molecule has 1 amide bonds. The Balaban J connectivity index is 2.18. The molecule has 2 aromatic carbocycles. The lowest BCUT2D eigenvalue weighted by Gasteiger charge is -2.09. The van der Waals surface area contributed by atoms with Crippen LogP contribution in [0.3, 0.4) is 0 Å². The SMILES string of the molecule is COC(=O)Cn1c(=NC(=O)c2cccc(SC)c2)sc2cc(OC)c(OC)cc21. The molecule has 3 aromatic rings. The summed E-state index contributed by atoms with van der Waals surface area (Å²) in [6.45, 7) is -0.0804. The van der Waals surface area contributed by atoms with Crippen molar-refractivity contribution in [2.24, 2.45) is 4.99 Å². The van der Waals surface area contributed by atoms with Crippen LogP contribution in [0.25, 0.3) is 10.2 Å². The number of nitrogens with zero attached hydrogens (tertiary/aromatic N) is 2. The molecule has 0 N–H and O–H groups in total. The fourth-order valence-corrected chi connectivity index (χ4v) is 4.23. The van der Waals surface area contributed by atoms with Crippen LogP contribution in [0.5, 0.6) is 11.5 Å². The number of carbonyl (C=O) groups excluding carboxylic acids is 2. The first-order chi connectivity index (χ1) is 14.0. The van der Waals surface area contributed by atoms with Crippen LogP contribution in [0.1, 0.15) is 10.4 Å². The van der Waals surface area contributed by atoms with Gasteiger partial charge in [-0.2, -0.15) is 4.99 Å². The van der Waals surface area contributed by atoms with Gasteiger partial charge in [0.2, 0.25) is 0 Å². The lowest BCUT2D eigenvalue weighted by atomic mass is 10.2. The van der Waals surface area contributed by atoms with Crippen molar-refractivity contribution in [1.82, 2.24) is 4.57 Å². The third-order valence-corrected chi connectivity index (χ3v) is 5.98. The molecule has 1 aromatic heterocycles. The van der Waals surface area contributed by atoms with Crippen molar-refractivity contribution in [2.45, 2.75) is 11.4 Å². The lowest BCUT2D eigenvalue weighted by Crippen LogP contribution is -2.22. The normalized spacial score (nSPS) is 11.5. The Labute approximate surface area is 175 Å². The van der Waals surface area contributed by atoms with Crippen LogP contribution in [0.15, 0.2) is 46.3 Å². The topological polar surface area (TPSA) is 79.1 Å². The highest BCUT2D eigenvalue weighted by atomic mass is 32.2. The predicted molar refractivity (Wildman–Crippen MR) is 113 cm³/mol. The number of thioether (sulfide) groups is 1. The van der Waals surface area contributed by atoms with Crippen molar-refractivity contribution < 1.29 is 23.8 Å².